The molecule has 100 valence electrons. The Labute approximate surface area is 113 Å². The Morgan fingerprint density at radius 3 is 2.84 bits per heavy atom. The molecule has 1 aromatic carbocycles. The summed E-state index contributed by atoms with van der Waals surface area (Å²) in [5, 5.41) is 4.39. The van der Waals surface area contributed by atoms with Crippen molar-refractivity contribution >= 4 is 23.0 Å². The summed E-state index contributed by atoms with van der Waals surface area (Å²) in [5.74, 6) is 1.74. The van der Waals surface area contributed by atoms with Gasteiger partial charge in [-0.3, -0.25) is 4.79 Å². The second-order valence-corrected chi connectivity index (χ2v) is 5.44. The van der Waals surface area contributed by atoms with Crippen molar-refractivity contribution in [3.63, 3.8) is 0 Å². The molecule has 0 aliphatic heterocycles. The van der Waals surface area contributed by atoms with Crippen LogP contribution in [0.5, 0.6) is 0 Å². The molecule has 1 aromatic heterocycles. The third-order valence-electron chi connectivity index (χ3n) is 4.19. The van der Waals surface area contributed by atoms with Crippen LogP contribution in [-0.4, -0.2) is 17.8 Å². The van der Waals surface area contributed by atoms with Crippen LogP contribution in [0.4, 0.5) is 5.82 Å². The lowest BCUT2D eigenvalue weighted by atomic mass is 10.0. The maximum atomic E-state index is 11.3. The van der Waals surface area contributed by atoms with Crippen molar-refractivity contribution in [1.82, 2.24) is 4.98 Å². The molecule has 2 N–H and O–H groups in total. The van der Waals surface area contributed by atoms with Crippen molar-refractivity contribution in [2.75, 3.05) is 11.9 Å². The number of carbonyl (C=O) groups is 1. The molecule has 1 aliphatic rings. The Morgan fingerprint density at radius 1 is 1.26 bits per heavy atom. The number of rotatable bonds is 5. The number of carbonyl (C=O) groups excluding carboxylic acids is 1. The van der Waals surface area contributed by atoms with Gasteiger partial charge in [-0.25, -0.2) is 0 Å². The van der Waals surface area contributed by atoms with E-state index in [1.165, 1.54) is 32.1 Å². The van der Waals surface area contributed by atoms with Crippen LogP contribution in [0.1, 0.15) is 42.5 Å². The summed E-state index contributed by atoms with van der Waals surface area (Å²) in [5.41, 5.74) is 1.77. The second kappa shape index (κ2) is 5.47. The average Bonchev–Trinajstić information content (AvgIpc) is 3.05. The Morgan fingerprint density at radius 2 is 2.05 bits per heavy atom. The van der Waals surface area contributed by atoms with Gasteiger partial charge in [0.2, 0.25) is 0 Å². The standard InChI is InChI=1S/C16H20N2O/c19-11-14-13-7-3-4-8-15(13)18-16(14)17-10-9-12-5-1-2-6-12/h3-4,7-8,11-12,17-18H,1-2,5-6,9-10H2. The molecular formula is C16H20N2O. The van der Waals surface area contributed by atoms with Crippen LogP contribution >= 0.6 is 0 Å². The first-order valence-electron chi connectivity index (χ1n) is 7.18. The molecule has 1 fully saturated rings. The van der Waals surface area contributed by atoms with E-state index >= 15 is 0 Å². The van der Waals surface area contributed by atoms with E-state index in [-0.39, 0.29) is 0 Å². The molecule has 2 aromatic rings. The highest BCUT2D eigenvalue weighted by molar-refractivity contribution is 6.03. The van der Waals surface area contributed by atoms with Crippen LogP contribution in [-0.2, 0) is 0 Å². The van der Waals surface area contributed by atoms with Crippen molar-refractivity contribution in [3.8, 4) is 0 Å². The minimum Gasteiger partial charge on any atom is -0.371 e. The Hall–Kier alpha value is -1.77. The van der Waals surface area contributed by atoms with E-state index in [0.717, 1.165) is 41.0 Å². The van der Waals surface area contributed by atoms with Gasteiger partial charge in [0.1, 0.15) is 5.82 Å². The summed E-state index contributed by atoms with van der Waals surface area (Å²) >= 11 is 0. The number of hydrogen-bond donors (Lipinski definition) is 2. The summed E-state index contributed by atoms with van der Waals surface area (Å²) in [6.07, 6.45) is 7.65. The predicted molar refractivity (Wildman–Crippen MR) is 78.8 cm³/mol. The quantitative estimate of drug-likeness (QED) is 0.795. The number of H-pyrrole nitrogens is 1. The molecule has 0 unspecified atom stereocenters. The third kappa shape index (κ3) is 2.50. The first kappa shape index (κ1) is 12.3. The van der Waals surface area contributed by atoms with Crippen molar-refractivity contribution in [1.29, 1.82) is 0 Å². The number of fused-ring (bicyclic) bond motifs is 1. The molecule has 3 rings (SSSR count). The van der Waals surface area contributed by atoms with Crippen LogP contribution < -0.4 is 5.32 Å². The van der Waals surface area contributed by atoms with Gasteiger partial charge < -0.3 is 10.3 Å². The van der Waals surface area contributed by atoms with Gasteiger partial charge >= 0.3 is 0 Å². The van der Waals surface area contributed by atoms with Gasteiger partial charge in [-0.2, -0.15) is 0 Å². The minimum atomic E-state index is 0.752. The fourth-order valence-electron chi connectivity index (χ4n) is 3.13. The third-order valence-corrected chi connectivity index (χ3v) is 4.19. The van der Waals surface area contributed by atoms with Crippen molar-refractivity contribution in [2.24, 2.45) is 5.92 Å². The Kier molecular flexibility index (Phi) is 3.53. The van der Waals surface area contributed by atoms with Crippen molar-refractivity contribution in [3.05, 3.63) is 29.8 Å². The number of aromatic amines is 1. The van der Waals surface area contributed by atoms with Crippen LogP contribution in [0.3, 0.4) is 0 Å². The topological polar surface area (TPSA) is 44.9 Å². The van der Waals surface area contributed by atoms with E-state index in [4.69, 9.17) is 0 Å². The normalized spacial score (nSPS) is 16.0. The van der Waals surface area contributed by atoms with Crippen molar-refractivity contribution < 1.29 is 4.79 Å². The number of nitrogens with one attached hydrogen (secondary N) is 2. The number of para-hydroxylation sites is 1. The van der Waals surface area contributed by atoms with Gasteiger partial charge in [-0.05, 0) is 18.4 Å². The largest absolute Gasteiger partial charge is 0.371 e. The highest BCUT2D eigenvalue weighted by atomic mass is 16.1. The number of aldehydes is 1. The lowest BCUT2D eigenvalue weighted by molar-refractivity contribution is 0.112. The molecule has 0 saturated heterocycles. The molecule has 0 bridgehead atoms. The number of anilines is 1. The molecule has 0 amide bonds. The monoisotopic (exact) mass is 256 g/mol. The van der Waals surface area contributed by atoms with E-state index < -0.39 is 0 Å². The van der Waals surface area contributed by atoms with E-state index in [0.29, 0.717) is 0 Å². The first-order valence-corrected chi connectivity index (χ1v) is 7.18. The van der Waals surface area contributed by atoms with Gasteiger partial charge in [0, 0.05) is 17.4 Å². The fourth-order valence-corrected chi connectivity index (χ4v) is 3.13. The molecular weight excluding hydrogens is 236 g/mol. The summed E-state index contributed by atoms with van der Waals surface area (Å²) < 4.78 is 0. The molecule has 19 heavy (non-hydrogen) atoms. The molecule has 0 spiro atoms. The predicted octanol–water partition coefficient (Wildman–Crippen LogP) is 3.97. The zero-order valence-corrected chi connectivity index (χ0v) is 11.1. The van der Waals surface area contributed by atoms with E-state index in [9.17, 15) is 4.79 Å². The van der Waals surface area contributed by atoms with Gasteiger partial charge in [0.15, 0.2) is 6.29 Å². The van der Waals surface area contributed by atoms with Crippen LogP contribution in [0.2, 0.25) is 0 Å². The molecule has 1 aliphatic carbocycles. The second-order valence-electron chi connectivity index (χ2n) is 5.44. The SMILES string of the molecule is O=Cc1c(NCCC2CCCC2)[nH]c2ccccc12. The van der Waals surface area contributed by atoms with Gasteiger partial charge in [0.25, 0.3) is 0 Å². The smallest absolute Gasteiger partial charge is 0.154 e. The summed E-state index contributed by atoms with van der Waals surface area (Å²) in [6.45, 7) is 0.943. The zero-order valence-electron chi connectivity index (χ0n) is 11.1. The van der Waals surface area contributed by atoms with E-state index in [1.54, 1.807) is 0 Å². The van der Waals surface area contributed by atoms with E-state index in [1.807, 2.05) is 24.3 Å². The van der Waals surface area contributed by atoms with Gasteiger partial charge in [0.05, 0.1) is 5.56 Å². The maximum Gasteiger partial charge on any atom is 0.154 e. The lowest BCUT2D eigenvalue weighted by Gasteiger charge is -2.10. The molecule has 3 heteroatoms. The van der Waals surface area contributed by atoms with Crippen LogP contribution in [0.25, 0.3) is 10.9 Å². The van der Waals surface area contributed by atoms with E-state index in [2.05, 4.69) is 10.3 Å². The number of hydrogen-bond acceptors (Lipinski definition) is 2. The van der Waals surface area contributed by atoms with Gasteiger partial charge in [-0.1, -0.05) is 43.9 Å². The number of aromatic nitrogens is 1. The van der Waals surface area contributed by atoms with Crippen molar-refractivity contribution in [2.45, 2.75) is 32.1 Å². The molecule has 1 heterocycles. The van der Waals surface area contributed by atoms with Gasteiger partial charge in [-0.15, -0.1) is 0 Å². The summed E-state index contributed by atoms with van der Waals surface area (Å²) in [6, 6.07) is 7.93. The summed E-state index contributed by atoms with van der Waals surface area (Å²) in [4.78, 5) is 14.6. The zero-order chi connectivity index (χ0) is 13.1. The summed E-state index contributed by atoms with van der Waals surface area (Å²) in [7, 11) is 0. The molecule has 0 radical (unpaired) electrons. The Balaban J connectivity index is 1.71. The maximum absolute atomic E-state index is 11.3. The molecule has 1 saturated carbocycles. The highest BCUT2D eigenvalue weighted by Gasteiger charge is 2.15. The lowest BCUT2D eigenvalue weighted by Crippen LogP contribution is -2.08. The van der Waals surface area contributed by atoms with Crippen LogP contribution in [0.15, 0.2) is 24.3 Å². The molecule has 0 atom stereocenters. The highest BCUT2D eigenvalue weighted by Crippen LogP contribution is 2.28. The average molecular weight is 256 g/mol. The minimum absolute atomic E-state index is 0.752. The first-order chi connectivity index (χ1) is 9.38. The Bertz CT molecular complexity index is 567. The fraction of sp³-hybridized carbons (Fsp3) is 0.438. The number of benzene rings is 1. The molecule has 3 nitrogen and oxygen atoms in total. The van der Waals surface area contributed by atoms with Crippen LogP contribution in [0, 0.1) is 5.92 Å².